The highest BCUT2D eigenvalue weighted by Gasteiger charge is 2.17. The minimum Gasteiger partial charge on any atom is -0.383 e. The second kappa shape index (κ2) is 7.21. The lowest BCUT2D eigenvalue weighted by Gasteiger charge is -2.13. The number of nitrogens with zero attached hydrogens (tertiary/aromatic N) is 1. The first-order valence-corrected chi connectivity index (χ1v) is 7.94. The van der Waals surface area contributed by atoms with Crippen molar-refractivity contribution in [1.82, 2.24) is 4.98 Å². The zero-order chi connectivity index (χ0) is 16.1. The second-order valence-corrected chi connectivity index (χ2v) is 5.72. The van der Waals surface area contributed by atoms with E-state index in [1.807, 2.05) is 26.8 Å². The molecule has 0 radical (unpaired) electrons. The molecule has 1 aromatic carbocycles. The molecule has 0 bridgehead atoms. The average Bonchev–Trinajstić information content (AvgIpc) is 2.54. The van der Waals surface area contributed by atoms with Gasteiger partial charge in [0, 0.05) is 24.2 Å². The number of rotatable bonds is 6. The van der Waals surface area contributed by atoms with E-state index in [2.05, 4.69) is 41.5 Å². The van der Waals surface area contributed by atoms with Crippen LogP contribution in [-0.2, 0) is 6.42 Å². The molecular weight excluding hydrogens is 272 g/mol. The zero-order valence-electron chi connectivity index (χ0n) is 13.8. The Labute approximate surface area is 132 Å². The maximum Gasteiger partial charge on any atom is 0.185 e. The molecule has 2 rings (SSSR count). The Hall–Kier alpha value is -2.16. The lowest BCUT2D eigenvalue weighted by molar-refractivity contribution is 0.0935. The number of pyridine rings is 1. The third-order valence-corrected chi connectivity index (χ3v) is 3.68. The number of carbonyl (C=O) groups excluding carboxylic acids is 1. The van der Waals surface area contributed by atoms with Gasteiger partial charge in [-0.15, -0.1) is 0 Å². The molecule has 2 aromatic rings. The van der Waals surface area contributed by atoms with E-state index in [9.17, 15) is 4.79 Å². The lowest BCUT2D eigenvalue weighted by Crippen LogP contribution is -2.13. The fraction of sp³-hybridized carbons (Fsp3) is 0.368. The van der Waals surface area contributed by atoms with Gasteiger partial charge in [0.2, 0.25) is 0 Å². The Morgan fingerprint density at radius 3 is 2.59 bits per heavy atom. The maximum absolute atomic E-state index is 12.3. The van der Waals surface area contributed by atoms with Crippen LogP contribution in [-0.4, -0.2) is 17.3 Å². The third kappa shape index (κ3) is 3.53. The van der Waals surface area contributed by atoms with Gasteiger partial charge in [0.05, 0.1) is 5.69 Å². The van der Waals surface area contributed by atoms with Crippen LogP contribution < -0.4 is 5.32 Å². The van der Waals surface area contributed by atoms with Crippen LogP contribution in [0.1, 0.15) is 43.7 Å². The smallest absolute Gasteiger partial charge is 0.185 e. The summed E-state index contributed by atoms with van der Waals surface area (Å²) in [5.41, 5.74) is 4.82. The van der Waals surface area contributed by atoms with E-state index in [1.54, 1.807) is 6.20 Å². The number of nitrogens with one attached hydrogen (secondary N) is 1. The van der Waals surface area contributed by atoms with Crippen molar-refractivity contribution < 1.29 is 4.79 Å². The number of carbonyl (C=O) groups is 1. The molecule has 1 heterocycles. The fourth-order valence-electron chi connectivity index (χ4n) is 2.39. The minimum absolute atomic E-state index is 0.0563. The van der Waals surface area contributed by atoms with Gasteiger partial charge in [-0.25, -0.2) is 0 Å². The van der Waals surface area contributed by atoms with Crippen molar-refractivity contribution in [1.29, 1.82) is 0 Å². The van der Waals surface area contributed by atoms with E-state index in [4.69, 9.17) is 0 Å². The highest BCUT2D eigenvalue weighted by molar-refractivity contribution is 6.01. The predicted molar refractivity (Wildman–Crippen MR) is 92.4 cm³/mol. The van der Waals surface area contributed by atoms with E-state index in [0.29, 0.717) is 5.69 Å². The van der Waals surface area contributed by atoms with E-state index < -0.39 is 0 Å². The Balaban J connectivity index is 2.46. The first-order chi connectivity index (χ1) is 10.6. The summed E-state index contributed by atoms with van der Waals surface area (Å²) >= 11 is 0. The molecule has 1 N–H and O–H groups in total. The first-order valence-electron chi connectivity index (χ1n) is 7.94. The van der Waals surface area contributed by atoms with Gasteiger partial charge in [-0.2, -0.15) is 0 Å². The van der Waals surface area contributed by atoms with Gasteiger partial charge in [0.25, 0.3) is 0 Å². The number of hydrogen-bond donors (Lipinski definition) is 1. The van der Waals surface area contributed by atoms with Gasteiger partial charge >= 0.3 is 0 Å². The summed E-state index contributed by atoms with van der Waals surface area (Å²) in [5.74, 6) is 0.0176. The molecular formula is C19H24N2O. The molecule has 116 valence electrons. The van der Waals surface area contributed by atoms with E-state index in [0.717, 1.165) is 29.8 Å². The highest BCUT2D eigenvalue weighted by Crippen LogP contribution is 2.26. The van der Waals surface area contributed by atoms with Gasteiger partial charge in [-0.1, -0.05) is 45.0 Å². The van der Waals surface area contributed by atoms with Crippen LogP contribution in [0.2, 0.25) is 0 Å². The Bertz CT molecular complexity index is 662. The second-order valence-electron chi connectivity index (χ2n) is 5.72. The molecule has 0 aliphatic carbocycles. The number of aromatic nitrogens is 1. The molecule has 0 saturated heterocycles. The van der Waals surface area contributed by atoms with Crippen molar-refractivity contribution in [3.8, 4) is 11.1 Å². The van der Waals surface area contributed by atoms with Crippen LogP contribution in [0.3, 0.4) is 0 Å². The van der Waals surface area contributed by atoms with E-state index in [-0.39, 0.29) is 11.7 Å². The predicted octanol–water partition coefficient (Wildman–Crippen LogP) is 4.58. The Morgan fingerprint density at radius 2 is 1.95 bits per heavy atom. The van der Waals surface area contributed by atoms with Gasteiger partial charge in [0.15, 0.2) is 5.78 Å². The summed E-state index contributed by atoms with van der Waals surface area (Å²) < 4.78 is 0. The van der Waals surface area contributed by atoms with Crippen LogP contribution in [0.25, 0.3) is 11.1 Å². The number of ketones is 1. The van der Waals surface area contributed by atoms with Crippen molar-refractivity contribution in [2.24, 2.45) is 5.92 Å². The van der Waals surface area contributed by atoms with Gasteiger partial charge in [0.1, 0.15) is 5.69 Å². The topological polar surface area (TPSA) is 42.0 Å². The highest BCUT2D eigenvalue weighted by atomic mass is 16.1. The van der Waals surface area contributed by atoms with Gasteiger partial charge < -0.3 is 5.32 Å². The molecule has 0 unspecified atom stereocenters. The van der Waals surface area contributed by atoms with Crippen LogP contribution >= 0.6 is 0 Å². The van der Waals surface area contributed by atoms with Crippen molar-refractivity contribution in [2.45, 2.75) is 34.1 Å². The van der Waals surface area contributed by atoms with Crippen molar-refractivity contribution in [3.63, 3.8) is 0 Å². The molecule has 3 nitrogen and oxygen atoms in total. The van der Waals surface area contributed by atoms with Gasteiger partial charge in [-0.05, 0) is 30.5 Å². The van der Waals surface area contributed by atoms with Crippen molar-refractivity contribution >= 4 is 11.5 Å². The standard InChI is InChI=1S/C19H24N2O/c1-5-14-8-7-9-15(10-14)16-11-17(20-6-2)18(21-12-16)19(22)13(3)4/h7-13,20H,5-6H2,1-4H3. The van der Waals surface area contributed by atoms with Gasteiger partial charge in [-0.3, -0.25) is 9.78 Å². The molecule has 0 saturated carbocycles. The summed E-state index contributed by atoms with van der Waals surface area (Å²) in [7, 11) is 0. The average molecular weight is 296 g/mol. The van der Waals surface area contributed by atoms with Crippen LogP contribution in [0.15, 0.2) is 36.5 Å². The van der Waals surface area contributed by atoms with E-state index in [1.165, 1.54) is 5.56 Å². The molecule has 0 amide bonds. The zero-order valence-corrected chi connectivity index (χ0v) is 13.8. The summed E-state index contributed by atoms with van der Waals surface area (Å²) in [5, 5.41) is 3.27. The Morgan fingerprint density at radius 1 is 1.18 bits per heavy atom. The molecule has 0 atom stereocenters. The van der Waals surface area contributed by atoms with E-state index >= 15 is 0 Å². The largest absolute Gasteiger partial charge is 0.383 e. The van der Waals surface area contributed by atoms with Crippen LogP contribution in [0.5, 0.6) is 0 Å². The molecule has 0 aliphatic heterocycles. The quantitative estimate of drug-likeness (QED) is 0.793. The minimum atomic E-state index is -0.0563. The normalized spacial score (nSPS) is 10.8. The number of anilines is 1. The number of hydrogen-bond acceptors (Lipinski definition) is 3. The van der Waals surface area contributed by atoms with Crippen molar-refractivity contribution in [3.05, 3.63) is 47.8 Å². The summed E-state index contributed by atoms with van der Waals surface area (Å²) in [4.78, 5) is 16.7. The molecule has 3 heteroatoms. The van der Waals surface area contributed by atoms with Crippen LogP contribution in [0.4, 0.5) is 5.69 Å². The van der Waals surface area contributed by atoms with Crippen molar-refractivity contribution in [2.75, 3.05) is 11.9 Å². The summed E-state index contributed by atoms with van der Waals surface area (Å²) in [6, 6.07) is 10.5. The Kier molecular flexibility index (Phi) is 5.31. The monoisotopic (exact) mass is 296 g/mol. The molecule has 0 spiro atoms. The molecule has 0 aliphatic rings. The maximum atomic E-state index is 12.3. The number of benzene rings is 1. The lowest BCUT2D eigenvalue weighted by atomic mass is 10.00. The molecule has 22 heavy (non-hydrogen) atoms. The number of Topliss-reactive ketones (excluding diaryl/α,β-unsaturated/α-hetero) is 1. The summed E-state index contributed by atoms with van der Waals surface area (Å²) in [6.07, 6.45) is 2.80. The van der Waals surface area contributed by atoms with Crippen LogP contribution in [0, 0.1) is 5.92 Å². The number of aryl methyl sites for hydroxylation is 1. The summed E-state index contributed by atoms with van der Waals surface area (Å²) in [6.45, 7) is 8.73. The first kappa shape index (κ1) is 16.2. The SMILES string of the molecule is CCNc1cc(-c2cccc(CC)c2)cnc1C(=O)C(C)C. The molecule has 0 fully saturated rings. The third-order valence-electron chi connectivity index (χ3n) is 3.68. The molecule has 1 aromatic heterocycles. The fourth-order valence-corrected chi connectivity index (χ4v) is 2.39.